The Morgan fingerprint density at radius 3 is 2.07 bits per heavy atom. The Morgan fingerprint density at radius 2 is 1.45 bits per heavy atom. The van der Waals surface area contributed by atoms with E-state index in [2.05, 4.69) is 65.6 Å². The van der Waals surface area contributed by atoms with Crippen LogP contribution in [0.4, 0.5) is 0 Å². The number of fused-ring (bicyclic) bond motifs is 1. The fourth-order valence-corrected chi connectivity index (χ4v) is 5.32. The van der Waals surface area contributed by atoms with Crippen molar-refractivity contribution in [3.8, 4) is 0 Å². The average Bonchev–Trinajstić information content (AvgIpc) is 3.26. The molecular formula is C25H29N3O+2. The lowest BCUT2D eigenvalue weighted by atomic mass is 9.90. The second kappa shape index (κ2) is 7.97. The van der Waals surface area contributed by atoms with Crippen molar-refractivity contribution in [3.63, 3.8) is 0 Å². The van der Waals surface area contributed by atoms with Gasteiger partial charge in [0.1, 0.15) is 32.2 Å². The monoisotopic (exact) mass is 387 g/mol. The number of piperazine rings is 1. The van der Waals surface area contributed by atoms with Crippen LogP contribution in [0.25, 0.3) is 0 Å². The number of Topliss-reactive ketones (excluding diaryl/α,β-unsaturated/α-hetero) is 1. The fraction of sp³-hybridized carbons (Fsp3) is 0.320. The maximum atomic E-state index is 13.0. The van der Waals surface area contributed by atoms with Crippen molar-refractivity contribution in [3.05, 3.63) is 95.3 Å². The molecule has 0 radical (unpaired) electrons. The van der Waals surface area contributed by atoms with Gasteiger partial charge >= 0.3 is 0 Å². The first-order chi connectivity index (χ1) is 14.3. The predicted octanol–water partition coefficient (Wildman–Crippen LogP) is 1.09. The van der Waals surface area contributed by atoms with E-state index < -0.39 is 0 Å². The van der Waals surface area contributed by atoms with Gasteiger partial charge in [-0.15, -0.1) is 0 Å². The van der Waals surface area contributed by atoms with Gasteiger partial charge in [0, 0.05) is 35.0 Å². The summed E-state index contributed by atoms with van der Waals surface area (Å²) in [5.41, 5.74) is 4.81. The van der Waals surface area contributed by atoms with Crippen molar-refractivity contribution in [1.29, 1.82) is 0 Å². The van der Waals surface area contributed by atoms with Crippen LogP contribution in [-0.2, 0) is 6.42 Å². The minimum absolute atomic E-state index is 0.131. The molecule has 2 heterocycles. The van der Waals surface area contributed by atoms with Crippen molar-refractivity contribution in [1.82, 2.24) is 4.98 Å². The molecule has 0 spiro atoms. The molecule has 1 aromatic heterocycles. The number of benzene rings is 2. The van der Waals surface area contributed by atoms with Crippen LogP contribution in [0.3, 0.4) is 0 Å². The Balaban J connectivity index is 1.33. The zero-order chi connectivity index (χ0) is 19.6. The zero-order valence-electron chi connectivity index (χ0n) is 16.7. The van der Waals surface area contributed by atoms with E-state index in [0.717, 1.165) is 50.3 Å². The van der Waals surface area contributed by atoms with E-state index in [-0.39, 0.29) is 6.04 Å². The Hall–Kier alpha value is -2.69. The number of H-pyrrole nitrogens is 1. The molecule has 4 heteroatoms. The minimum atomic E-state index is 0.131. The van der Waals surface area contributed by atoms with Gasteiger partial charge in [0.05, 0.1) is 0 Å². The van der Waals surface area contributed by atoms with Crippen LogP contribution >= 0.6 is 0 Å². The molecule has 0 amide bonds. The summed E-state index contributed by atoms with van der Waals surface area (Å²) in [6, 6.07) is 24.2. The van der Waals surface area contributed by atoms with Crippen molar-refractivity contribution in [2.75, 3.05) is 26.2 Å². The van der Waals surface area contributed by atoms with Gasteiger partial charge in [0.15, 0.2) is 6.04 Å². The summed E-state index contributed by atoms with van der Waals surface area (Å²) in [6.45, 7) is 4.30. The standard InChI is InChI=1S/C25H27N3O/c29-25-21-13-14-26-22(21)11-12-23(25)27-15-17-28(18-16-27)24(19-7-3-1-4-8-19)20-9-5-2-6-10-20/h1-10,13-14,23-24,26H,11-12,15-18H2/p+2/t23-/m1/s1. The molecule has 2 aromatic carbocycles. The van der Waals surface area contributed by atoms with Crippen molar-refractivity contribution in [2.24, 2.45) is 0 Å². The van der Waals surface area contributed by atoms with Gasteiger partial charge in [-0.05, 0) is 12.5 Å². The van der Waals surface area contributed by atoms with Crippen molar-refractivity contribution in [2.45, 2.75) is 24.9 Å². The number of aryl methyl sites for hydroxylation is 1. The predicted molar refractivity (Wildman–Crippen MR) is 113 cm³/mol. The normalized spacial score (nSPS) is 24.4. The molecule has 148 valence electrons. The molecule has 3 N–H and O–H groups in total. The highest BCUT2D eigenvalue weighted by molar-refractivity contribution is 6.01. The molecule has 1 saturated heterocycles. The number of quaternary nitrogens is 2. The number of aromatic amines is 1. The lowest BCUT2D eigenvalue weighted by Gasteiger charge is -2.38. The number of rotatable bonds is 4. The smallest absolute Gasteiger partial charge is 0.221 e. The number of aromatic nitrogens is 1. The number of hydrogen-bond donors (Lipinski definition) is 3. The summed E-state index contributed by atoms with van der Waals surface area (Å²) in [5.74, 6) is 0.341. The maximum absolute atomic E-state index is 13.0. The first kappa shape index (κ1) is 18.3. The fourth-order valence-electron chi connectivity index (χ4n) is 5.32. The summed E-state index contributed by atoms with van der Waals surface area (Å²) in [5, 5.41) is 0. The number of carbonyl (C=O) groups excluding carboxylic acids is 1. The highest BCUT2D eigenvalue weighted by Gasteiger charge is 2.40. The molecular weight excluding hydrogens is 358 g/mol. The van der Waals surface area contributed by atoms with Gasteiger partial charge in [-0.25, -0.2) is 0 Å². The third kappa shape index (κ3) is 3.54. The average molecular weight is 388 g/mol. The number of nitrogens with one attached hydrogen (secondary N) is 3. The van der Waals surface area contributed by atoms with Crippen LogP contribution in [0.15, 0.2) is 72.9 Å². The molecule has 0 saturated carbocycles. The molecule has 1 aliphatic carbocycles. The highest BCUT2D eigenvalue weighted by atomic mass is 16.1. The summed E-state index contributed by atoms with van der Waals surface area (Å²) in [6.07, 6.45) is 3.87. The summed E-state index contributed by atoms with van der Waals surface area (Å²) in [4.78, 5) is 19.3. The van der Waals surface area contributed by atoms with Crippen molar-refractivity contribution < 1.29 is 14.6 Å². The Bertz CT molecular complexity index is 919. The summed E-state index contributed by atoms with van der Waals surface area (Å²) >= 11 is 0. The first-order valence-electron chi connectivity index (χ1n) is 10.8. The molecule has 3 aromatic rings. The van der Waals surface area contributed by atoms with Crippen LogP contribution in [0.2, 0.25) is 0 Å². The summed E-state index contributed by atoms with van der Waals surface area (Å²) in [7, 11) is 0. The first-order valence-corrected chi connectivity index (χ1v) is 10.8. The molecule has 29 heavy (non-hydrogen) atoms. The molecule has 0 bridgehead atoms. The number of carbonyl (C=O) groups is 1. The Kier molecular flexibility index (Phi) is 5.04. The minimum Gasteiger partial charge on any atom is -0.364 e. The molecule has 0 unspecified atom stereocenters. The van der Waals surface area contributed by atoms with Gasteiger partial charge in [0.2, 0.25) is 5.78 Å². The Labute approximate surface area is 172 Å². The molecule has 1 aliphatic heterocycles. The van der Waals surface area contributed by atoms with Gasteiger partial charge in [-0.3, -0.25) is 4.79 Å². The van der Waals surface area contributed by atoms with E-state index in [9.17, 15) is 4.79 Å². The molecule has 2 aliphatic rings. The van der Waals surface area contributed by atoms with Gasteiger partial charge in [-0.2, -0.15) is 0 Å². The van der Waals surface area contributed by atoms with E-state index >= 15 is 0 Å². The van der Waals surface area contributed by atoms with Gasteiger partial charge < -0.3 is 14.8 Å². The van der Waals surface area contributed by atoms with E-state index in [0.29, 0.717) is 11.8 Å². The van der Waals surface area contributed by atoms with Crippen LogP contribution < -0.4 is 9.80 Å². The summed E-state index contributed by atoms with van der Waals surface area (Å²) < 4.78 is 0. The van der Waals surface area contributed by atoms with Gasteiger partial charge in [0.25, 0.3) is 0 Å². The molecule has 1 atom stereocenters. The second-order valence-corrected chi connectivity index (χ2v) is 8.40. The van der Waals surface area contributed by atoms with Gasteiger partial charge in [-0.1, -0.05) is 60.7 Å². The van der Waals surface area contributed by atoms with Crippen molar-refractivity contribution >= 4 is 5.78 Å². The maximum Gasteiger partial charge on any atom is 0.221 e. The number of hydrogen-bond acceptors (Lipinski definition) is 1. The van der Waals surface area contributed by atoms with E-state index in [1.54, 1.807) is 4.90 Å². The molecule has 1 fully saturated rings. The van der Waals surface area contributed by atoms with Crippen LogP contribution in [0.5, 0.6) is 0 Å². The molecule has 5 rings (SSSR count). The topological polar surface area (TPSA) is 41.7 Å². The highest BCUT2D eigenvalue weighted by Crippen LogP contribution is 2.20. The SMILES string of the molecule is O=C1c2cc[nH]c2CC[C@H]1[NH+]1CC[NH+](C(c2ccccc2)c2ccccc2)CC1. The van der Waals surface area contributed by atoms with E-state index in [1.807, 2.05) is 12.3 Å². The van der Waals surface area contributed by atoms with E-state index in [4.69, 9.17) is 0 Å². The van der Waals surface area contributed by atoms with Crippen LogP contribution in [0, 0.1) is 0 Å². The number of ketones is 1. The Morgan fingerprint density at radius 1 is 0.828 bits per heavy atom. The van der Waals surface area contributed by atoms with Crippen LogP contribution in [0.1, 0.15) is 39.6 Å². The quantitative estimate of drug-likeness (QED) is 0.616. The lowest BCUT2D eigenvalue weighted by molar-refractivity contribution is -1.03. The third-order valence-electron chi connectivity index (χ3n) is 6.80. The van der Waals surface area contributed by atoms with E-state index in [1.165, 1.54) is 16.0 Å². The lowest BCUT2D eigenvalue weighted by Crippen LogP contribution is -3.30. The third-order valence-corrected chi connectivity index (χ3v) is 6.80. The zero-order valence-corrected chi connectivity index (χ0v) is 16.7. The molecule has 4 nitrogen and oxygen atoms in total. The largest absolute Gasteiger partial charge is 0.364 e. The van der Waals surface area contributed by atoms with Crippen LogP contribution in [-0.4, -0.2) is 43.0 Å². The second-order valence-electron chi connectivity index (χ2n) is 8.40.